The summed E-state index contributed by atoms with van der Waals surface area (Å²) in [5.74, 6) is 1.00. The van der Waals surface area contributed by atoms with Gasteiger partial charge in [-0.3, -0.25) is 14.8 Å². The molecular formula is C26H38N6O3. The highest BCUT2D eigenvalue weighted by Gasteiger charge is 2.37. The Bertz CT molecular complexity index is 1030. The molecule has 3 fully saturated rings. The number of piperidine rings is 3. The molecule has 190 valence electrons. The lowest BCUT2D eigenvalue weighted by molar-refractivity contribution is -0.385. The Hall–Kier alpha value is -2.65. The summed E-state index contributed by atoms with van der Waals surface area (Å²) in [7, 11) is 3.36. The lowest BCUT2D eigenvalue weighted by Gasteiger charge is -2.47. The molecule has 0 saturated carbocycles. The molecule has 1 aromatic carbocycles. The number of aryl methyl sites for hydroxylation is 1. The standard InChI is InChI=1S/C26H38N6O3/c1-29-18-21(16-28-29)22-14-24(32(33)34)25(35-2)15-23(22)31-12-4-20(5-13-31)17-30-11-3-6-26(19-30)7-9-27-10-8-26/h14-16,18,20,27H,3-13,17,19H2,1-2H3. The van der Waals surface area contributed by atoms with E-state index in [0.717, 1.165) is 42.7 Å². The molecule has 0 amide bonds. The Labute approximate surface area is 207 Å². The van der Waals surface area contributed by atoms with Crippen LogP contribution in [0.25, 0.3) is 11.1 Å². The number of nitro benzene ring substituents is 1. The Morgan fingerprint density at radius 2 is 1.97 bits per heavy atom. The molecule has 5 rings (SSSR count). The van der Waals surface area contributed by atoms with E-state index in [0.29, 0.717) is 17.1 Å². The zero-order chi connectivity index (χ0) is 24.4. The summed E-state index contributed by atoms with van der Waals surface area (Å²) in [6, 6.07) is 3.48. The minimum absolute atomic E-state index is 0.0121. The lowest BCUT2D eigenvalue weighted by atomic mass is 9.72. The minimum atomic E-state index is -0.373. The number of rotatable bonds is 6. The van der Waals surface area contributed by atoms with Gasteiger partial charge in [-0.25, -0.2) is 0 Å². The van der Waals surface area contributed by atoms with Crippen molar-refractivity contribution >= 4 is 11.4 Å². The average Bonchev–Trinajstić information content (AvgIpc) is 3.30. The summed E-state index contributed by atoms with van der Waals surface area (Å²) in [5, 5.41) is 19.5. The van der Waals surface area contributed by atoms with Crippen LogP contribution in [0.4, 0.5) is 11.4 Å². The molecule has 0 unspecified atom stereocenters. The van der Waals surface area contributed by atoms with Gasteiger partial charge >= 0.3 is 5.69 Å². The molecule has 3 aliphatic heterocycles. The third-order valence-electron chi connectivity index (χ3n) is 8.39. The van der Waals surface area contributed by atoms with E-state index >= 15 is 0 Å². The van der Waals surface area contributed by atoms with Crippen LogP contribution in [0.15, 0.2) is 24.5 Å². The van der Waals surface area contributed by atoms with Gasteiger partial charge in [0.1, 0.15) is 0 Å². The Morgan fingerprint density at radius 1 is 1.20 bits per heavy atom. The van der Waals surface area contributed by atoms with Crippen molar-refractivity contribution in [2.24, 2.45) is 18.4 Å². The molecule has 4 heterocycles. The van der Waals surface area contributed by atoms with Gasteiger partial charge in [0.15, 0.2) is 5.75 Å². The number of ether oxygens (including phenoxy) is 1. The van der Waals surface area contributed by atoms with Crippen LogP contribution in [0.5, 0.6) is 5.75 Å². The summed E-state index contributed by atoms with van der Waals surface area (Å²) < 4.78 is 7.14. The third-order valence-corrected chi connectivity index (χ3v) is 8.39. The number of hydrogen-bond acceptors (Lipinski definition) is 7. The van der Waals surface area contributed by atoms with Crippen LogP contribution in [0, 0.1) is 21.4 Å². The number of benzene rings is 1. The predicted molar refractivity (Wildman–Crippen MR) is 137 cm³/mol. The molecule has 2 aromatic rings. The summed E-state index contributed by atoms with van der Waals surface area (Å²) >= 11 is 0. The molecule has 3 saturated heterocycles. The van der Waals surface area contributed by atoms with Gasteiger partial charge in [0.2, 0.25) is 0 Å². The first-order chi connectivity index (χ1) is 17.0. The first kappa shape index (κ1) is 24.1. The maximum atomic E-state index is 11.7. The molecule has 1 spiro atoms. The van der Waals surface area contributed by atoms with Gasteiger partial charge < -0.3 is 19.9 Å². The van der Waals surface area contributed by atoms with Crippen molar-refractivity contribution in [3.05, 3.63) is 34.6 Å². The van der Waals surface area contributed by atoms with Gasteiger partial charge in [-0.05, 0) is 69.5 Å². The van der Waals surface area contributed by atoms with Gasteiger partial charge in [-0.15, -0.1) is 0 Å². The predicted octanol–water partition coefficient (Wildman–Crippen LogP) is 3.69. The quantitative estimate of drug-likeness (QED) is 0.496. The van der Waals surface area contributed by atoms with E-state index < -0.39 is 0 Å². The van der Waals surface area contributed by atoms with Crippen LogP contribution in [0.3, 0.4) is 0 Å². The number of nitro groups is 1. The SMILES string of the molecule is COc1cc(N2CCC(CN3CCCC4(CCNCC4)C3)CC2)c(-c2cnn(C)c2)cc1[N+](=O)[O-]. The molecule has 0 atom stereocenters. The molecule has 35 heavy (non-hydrogen) atoms. The second-order valence-corrected chi connectivity index (χ2v) is 10.7. The van der Waals surface area contributed by atoms with E-state index in [1.807, 2.05) is 19.3 Å². The van der Waals surface area contributed by atoms with Crippen LogP contribution < -0.4 is 15.0 Å². The van der Waals surface area contributed by atoms with Crippen LogP contribution >= 0.6 is 0 Å². The van der Waals surface area contributed by atoms with Gasteiger partial charge in [0.25, 0.3) is 0 Å². The van der Waals surface area contributed by atoms with E-state index in [4.69, 9.17) is 4.74 Å². The van der Waals surface area contributed by atoms with Gasteiger partial charge in [-0.1, -0.05) is 0 Å². The van der Waals surface area contributed by atoms with Crippen LogP contribution in [0.1, 0.15) is 38.5 Å². The van der Waals surface area contributed by atoms with Crippen molar-refractivity contribution in [2.45, 2.75) is 38.5 Å². The largest absolute Gasteiger partial charge is 0.490 e. The van der Waals surface area contributed by atoms with Gasteiger partial charge in [0.05, 0.1) is 18.2 Å². The molecule has 1 aromatic heterocycles. The van der Waals surface area contributed by atoms with Gasteiger partial charge in [-0.2, -0.15) is 5.10 Å². The normalized spacial score (nSPS) is 21.4. The number of aromatic nitrogens is 2. The Morgan fingerprint density at radius 3 is 2.63 bits per heavy atom. The fourth-order valence-corrected chi connectivity index (χ4v) is 6.47. The van der Waals surface area contributed by atoms with Crippen LogP contribution in [-0.2, 0) is 7.05 Å². The lowest BCUT2D eigenvalue weighted by Crippen LogP contribution is -2.50. The second kappa shape index (κ2) is 10.1. The Kier molecular flexibility index (Phi) is 6.98. The van der Waals surface area contributed by atoms with E-state index in [-0.39, 0.29) is 10.6 Å². The third kappa shape index (κ3) is 5.16. The van der Waals surface area contributed by atoms with E-state index in [9.17, 15) is 10.1 Å². The number of hydrogen-bond donors (Lipinski definition) is 1. The highest BCUT2D eigenvalue weighted by atomic mass is 16.6. The zero-order valence-electron chi connectivity index (χ0n) is 21.0. The highest BCUT2D eigenvalue weighted by Crippen LogP contribution is 2.42. The summed E-state index contributed by atoms with van der Waals surface area (Å²) in [6.45, 7) is 7.93. The van der Waals surface area contributed by atoms with E-state index in [1.165, 1.54) is 65.5 Å². The molecule has 0 aliphatic carbocycles. The number of nitrogens with zero attached hydrogens (tertiary/aromatic N) is 5. The van der Waals surface area contributed by atoms with Crippen molar-refractivity contribution in [1.29, 1.82) is 0 Å². The molecular weight excluding hydrogens is 444 g/mol. The molecule has 1 N–H and O–H groups in total. The van der Waals surface area contributed by atoms with Crippen molar-refractivity contribution < 1.29 is 9.66 Å². The molecule has 9 nitrogen and oxygen atoms in total. The summed E-state index contributed by atoms with van der Waals surface area (Å²) in [6.07, 6.45) is 11.3. The highest BCUT2D eigenvalue weighted by molar-refractivity contribution is 5.82. The first-order valence-electron chi connectivity index (χ1n) is 13.0. The fourth-order valence-electron chi connectivity index (χ4n) is 6.47. The number of methoxy groups -OCH3 is 1. The van der Waals surface area contributed by atoms with Crippen molar-refractivity contribution in [2.75, 3.05) is 57.8 Å². The molecule has 9 heteroatoms. The summed E-state index contributed by atoms with van der Waals surface area (Å²) in [5.41, 5.74) is 3.24. The molecule has 0 radical (unpaired) electrons. The maximum absolute atomic E-state index is 11.7. The van der Waals surface area contributed by atoms with E-state index in [1.54, 1.807) is 16.9 Å². The first-order valence-corrected chi connectivity index (χ1v) is 13.0. The Balaban J connectivity index is 1.29. The van der Waals surface area contributed by atoms with Gasteiger partial charge in [0, 0.05) is 68.4 Å². The van der Waals surface area contributed by atoms with Crippen molar-refractivity contribution in [3.8, 4) is 16.9 Å². The number of anilines is 1. The monoisotopic (exact) mass is 482 g/mol. The van der Waals surface area contributed by atoms with Crippen LogP contribution in [0.2, 0.25) is 0 Å². The zero-order valence-corrected chi connectivity index (χ0v) is 21.0. The number of nitrogens with one attached hydrogen (secondary N) is 1. The number of likely N-dealkylation sites (tertiary alicyclic amines) is 1. The van der Waals surface area contributed by atoms with Crippen molar-refractivity contribution in [3.63, 3.8) is 0 Å². The van der Waals surface area contributed by atoms with Crippen LogP contribution in [-0.4, -0.2) is 72.5 Å². The van der Waals surface area contributed by atoms with Crippen molar-refractivity contribution in [1.82, 2.24) is 20.0 Å². The molecule has 0 bridgehead atoms. The average molecular weight is 483 g/mol. The smallest absolute Gasteiger partial charge is 0.311 e. The maximum Gasteiger partial charge on any atom is 0.311 e. The minimum Gasteiger partial charge on any atom is -0.490 e. The topological polar surface area (TPSA) is 88.7 Å². The fraction of sp³-hybridized carbons (Fsp3) is 0.654. The molecule has 3 aliphatic rings. The summed E-state index contributed by atoms with van der Waals surface area (Å²) in [4.78, 5) is 16.4. The second-order valence-electron chi connectivity index (χ2n) is 10.7. The van der Waals surface area contributed by atoms with E-state index in [2.05, 4.69) is 20.2 Å².